The van der Waals surface area contributed by atoms with Gasteiger partial charge in [0.2, 0.25) is 0 Å². The van der Waals surface area contributed by atoms with Crippen molar-refractivity contribution in [1.82, 2.24) is 0 Å². The topological polar surface area (TPSA) is 35.2 Å². The van der Waals surface area contributed by atoms with Gasteiger partial charge in [-0.05, 0) is 23.5 Å². The highest BCUT2D eigenvalue weighted by atomic mass is 28.4. The van der Waals surface area contributed by atoms with E-state index in [1.807, 2.05) is 0 Å². The van der Waals surface area contributed by atoms with Crippen LogP contribution in [0.3, 0.4) is 0 Å². The molecule has 0 unspecified atom stereocenters. The average Bonchev–Trinajstić information content (AvgIpc) is 1.96. The lowest BCUT2D eigenvalue weighted by Crippen LogP contribution is -2.47. The lowest BCUT2D eigenvalue weighted by atomic mass is 9.88. The molecule has 0 bridgehead atoms. The molecule has 0 aliphatic carbocycles. The van der Waals surface area contributed by atoms with Gasteiger partial charge in [0.15, 0.2) is 8.32 Å². The zero-order chi connectivity index (χ0) is 12.5. The first-order valence-corrected chi connectivity index (χ1v) is 8.68. The Kier molecular flexibility index (Phi) is 4.60. The van der Waals surface area contributed by atoms with E-state index in [4.69, 9.17) is 10.2 Å². The van der Waals surface area contributed by atoms with Crippen LogP contribution in [0.25, 0.3) is 0 Å². The smallest absolute Gasteiger partial charge is 0.192 e. The van der Waals surface area contributed by atoms with E-state index in [9.17, 15) is 0 Å². The maximum Gasteiger partial charge on any atom is 0.192 e. The lowest BCUT2D eigenvalue weighted by molar-refractivity contribution is 0.192. The molecule has 0 fully saturated rings. The van der Waals surface area contributed by atoms with Crippen molar-refractivity contribution >= 4 is 8.32 Å². The molecule has 0 aromatic carbocycles. The molecule has 0 saturated heterocycles. The van der Waals surface area contributed by atoms with Crippen LogP contribution in [-0.2, 0) is 4.43 Å². The van der Waals surface area contributed by atoms with Crippen LogP contribution in [0, 0.1) is 5.41 Å². The largest absolute Gasteiger partial charge is 0.415 e. The summed E-state index contributed by atoms with van der Waals surface area (Å²) in [6, 6.07) is 0.117. The molecule has 0 heterocycles. The highest BCUT2D eigenvalue weighted by Crippen LogP contribution is 2.36. The van der Waals surface area contributed by atoms with Crippen LogP contribution in [-0.4, -0.2) is 21.0 Å². The maximum absolute atomic E-state index is 6.10. The third kappa shape index (κ3) is 4.66. The zero-order valence-corrected chi connectivity index (χ0v) is 12.8. The van der Waals surface area contributed by atoms with Gasteiger partial charge in [-0.25, -0.2) is 0 Å². The van der Waals surface area contributed by atoms with Crippen molar-refractivity contribution in [3.63, 3.8) is 0 Å². The molecular weight excluding hydrogens is 202 g/mol. The quantitative estimate of drug-likeness (QED) is 0.756. The van der Waals surface area contributed by atoms with Crippen LogP contribution < -0.4 is 5.73 Å². The van der Waals surface area contributed by atoms with Crippen LogP contribution in [0.4, 0.5) is 0 Å². The van der Waals surface area contributed by atoms with E-state index in [1.54, 1.807) is 0 Å². The number of nitrogens with two attached hydrogens (primary N) is 1. The van der Waals surface area contributed by atoms with Crippen molar-refractivity contribution in [2.45, 2.75) is 65.7 Å². The molecule has 0 spiro atoms. The Morgan fingerprint density at radius 3 is 1.73 bits per heavy atom. The van der Waals surface area contributed by atoms with Crippen LogP contribution in [0.1, 0.15) is 41.5 Å². The molecule has 0 radical (unpaired) electrons. The second-order valence-corrected chi connectivity index (χ2v) is 11.9. The van der Waals surface area contributed by atoms with Gasteiger partial charge in [-0.1, -0.05) is 41.5 Å². The van der Waals surface area contributed by atoms with Crippen molar-refractivity contribution in [3.8, 4) is 0 Å². The summed E-state index contributed by atoms with van der Waals surface area (Å²) in [6.07, 6.45) is 0. The zero-order valence-electron chi connectivity index (χ0n) is 11.8. The summed E-state index contributed by atoms with van der Waals surface area (Å²) >= 11 is 0. The molecule has 92 valence electrons. The van der Waals surface area contributed by atoms with Gasteiger partial charge in [-0.15, -0.1) is 0 Å². The Hall–Kier alpha value is 0.137. The van der Waals surface area contributed by atoms with E-state index in [-0.39, 0.29) is 16.5 Å². The molecule has 0 saturated carbocycles. The Morgan fingerprint density at radius 2 is 1.47 bits per heavy atom. The summed E-state index contributed by atoms with van der Waals surface area (Å²) in [5, 5.41) is 0.268. The molecule has 0 rings (SSSR count). The van der Waals surface area contributed by atoms with Crippen LogP contribution in [0.15, 0.2) is 0 Å². The van der Waals surface area contributed by atoms with Crippen LogP contribution in [0.2, 0.25) is 18.1 Å². The van der Waals surface area contributed by atoms with E-state index < -0.39 is 8.32 Å². The van der Waals surface area contributed by atoms with Gasteiger partial charge in [0, 0.05) is 12.6 Å². The minimum atomic E-state index is -1.63. The molecular formula is C12H29NOSi. The standard InChI is InChI=1S/C12H29NOSi/c1-11(2,3)10(13)9-14-15(7,8)12(4,5)6/h10H,9,13H2,1-8H3/t10-/m0/s1. The second kappa shape index (κ2) is 4.56. The van der Waals surface area contributed by atoms with Gasteiger partial charge in [0.05, 0.1) is 0 Å². The number of hydrogen-bond acceptors (Lipinski definition) is 2. The Balaban J connectivity index is 4.29. The fourth-order valence-electron chi connectivity index (χ4n) is 0.765. The van der Waals surface area contributed by atoms with Gasteiger partial charge < -0.3 is 10.2 Å². The van der Waals surface area contributed by atoms with Gasteiger partial charge in [0.25, 0.3) is 0 Å². The molecule has 0 amide bonds. The first-order chi connectivity index (χ1) is 6.38. The first kappa shape index (κ1) is 15.1. The molecule has 2 nitrogen and oxygen atoms in total. The summed E-state index contributed by atoms with van der Waals surface area (Å²) in [5.41, 5.74) is 6.23. The van der Waals surface area contributed by atoms with Crippen LogP contribution in [0.5, 0.6) is 0 Å². The predicted molar refractivity (Wildman–Crippen MR) is 70.6 cm³/mol. The van der Waals surface area contributed by atoms with Gasteiger partial charge >= 0.3 is 0 Å². The minimum Gasteiger partial charge on any atom is -0.415 e. The summed E-state index contributed by atoms with van der Waals surface area (Å²) in [4.78, 5) is 0. The highest BCUT2D eigenvalue weighted by Gasteiger charge is 2.38. The summed E-state index contributed by atoms with van der Waals surface area (Å²) in [7, 11) is -1.63. The lowest BCUT2D eigenvalue weighted by Gasteiger charge is -2.38. The van der Waals surface area contributed by atoms with E-state index in [2.05, 4.69) is 54.6 Å². The monoisotopic (exact) mass is 231 g/mol. The highest BCUT2D eigenvalue weighted by molar-refractivity contribution is 6.74. The van der Waals surface area contributed by atoms with Crippen molar-refractivity contribution in [2.24, 2.45) is 11.1 Å². The second-order valence-electron chi connectivity index (χ2n) is 7.04. The first-order valence-electron chi connectivity index (χ1n) is 5.77. The number of hydrogen-bond donors (Lipinski definition) is 1. The average molecular weight is 231 g/mol. The summed E-state index contributed by atoms with van der Waals surface area (Å²) in [6.45, 7) is 18.4. The third-order valence-electron chi connectivity index (χ3n) is 3.54. The van der Waals surface area contributed by atoms with Crippen molar-refractivity contribution in [3.05, 3.63) is 0 Å². The van der Waals surface area contributed by atoms with E-state index in [0.29, 0.717) is 6.61 Å². The Labute approximate surface area is 96.7 Å². The Morgan fingerprint density at radius 1 is 1.07 bits per heavy atom. The molecule has 0 aliphatic rings. The number of rotatable bonds is 3. The molecule has 0 aromatic rings. The summed E-state index contributed by atoms with van der Waals surface area (Å²) < 4.78 is 6.10. The molecule has 1 atom stereocenters. The molecule has 0 aliphatic heterocycles. The fraction of sp³-hybridized carbons (Fsp3) is 1.00. The Bertz CT molecular complexity index is 201. The van der Waals surface area contributed by atoms with Crippen molar-refractivity contribution in [1.29, 1.82) is 0 Å². The SMILES string of the molecule is CC(C)(C)[C@@H](N)CO[Si](C)(C)C(C)(C)C. The predicted octanol–water partition coefficient (Wildman–Crippen LogP) is 3.38. The van der Waals surface area contributed by atoms with Crippen molar-refractivity contribution < 1.29 is 4.43 Å². The van der Waals surface area contributed by atoms with Gasteiger partial charge in [-0.3, -0.25) is 0 Å². The molecule has 15 heavy (non-hydrogen) atoms. The van der Waals surface area contributed by atoms with E-state index in [1.165, 1.54) is 0 Å². The fourth-order valence-corrected chi connectivity index (χ4v) is 1.79. The van der Waals surface area contributed by atoms with Gasteiger partial charge in [-0.2, -0.15) is 0 Å². The van der Waals surface area contributed by atoms with Gasteiger partial charge in [0.1, 0.15) is 0 Å². The van der Waals surface area contributed by atoms with Crippen molar-refractivity contribution in [2.75, 3.05) is 6.61 Å². The minimum absolute atomic E-state index is 0.117. The molecule has 0 aromatic heterocycles. The normalized spacial score (nSPS) is 16.6. The van der Waals surface area contributed by atoms with Crippen LogP contribution >= 0.6 is 0 Å². The van der Waals surface area contributed by atoms with E-state index in [0.717, 1.165) is 0 Å². The molecule has 3 heteroatoms. The third-order valence-corrected chi connectivity index (χ3v) is 8.04. The van der Waals surface area contributed by atoms with E-state index >= 15 is 0 Å². The maximum atomic E-state index is 6.10. The summed E-state index contributed by atoms with van der Waals surface area (Å²) in [5.74, 6) is 0. The molecule has 2 N–H and O–H groups in total.